The first-order valence-electron chi connectivity index (χ1n) is 7.18. The molecule has 1 aliphatic rings. The Morgan fingerprint density at radius 3 is 2.52 bits per heavy atom. The molecule has 1 saturated heterocycles. The van der Waals surface area contributed by atoms with Crippen LogP contribution in [0.15, 0.2) is 34.9 Å². The lowest BCUT2D eigenvalue weighted by molar-refractivity contribution is 0.574. The normalized spacial score (nSPS) is 15.8. The minimum absolute atomic E-state index is 0.934. The number of anilines is 1. The van der Waals surface area contributed by atoms with Crippen molar-refractivity contribution in [2.75, 3.05) is 18.0 Å². The largest absolute Gasteiger partial charge is 0.347 e. The van der Waals surface area contributed by atoms with Crippen molar-refractivity contribution in [3.8, 4) is 11.3 Å². The van der Waals surface area contributed by atoms with Crippen LogP contribution in [0.5, 0.6) is 0 Å². The number of rotatable bonds is 2. The summed E-state index contributed by atoms with van der Waals surface area (Å²) in [5, 5.41) is 5.81. The van der Waals surface area contributed by atoms with Gasteiger partial charge in [0, 0.05) is 18.7 Å². The minimum Gasteiger partial charge on any atom is -0.347 e. The maximum atomic E-state index is 4.74. The summed E-state index contributed by atoms with van der Waals surface area (Å²) >= 11 is 5.32. The zero-order valence-corrected chi connectivity index (χ0v) is 13.9. The van der Waals surface area contributed by atoms with Gasteiger partial charge < -0.3 is 4.90 Å². The van der Waals surface area contributed by atoms with Crippen LogP contribution in [0.3, 0.4) is 0 Å². The number of imidazole rings is 1. The number of halogens is 1. The molecular weight excluding hydrogens is 348 g/mol. The highest BCUT2D eigenvalue weighted by molar-refractivity contribution is 9.10. The van der Waals surface area contributed by atoms with Crippen LogP contribution in [0, 0.1) is 0 Å². The van der Waals surface area contributed by atoms with Crippen LogP contribution in [-0.2, 0) is 0 Å². The molecule has 1 fully saturated rings. The van der Waals surface area contributed by atoms with Crippen LogP contribution in [0.2, 0.25) is 0 Å². The molecule has 1 aromatic carbocycles. The van der Waals surface area contributed by atoms with Crippen LogP contribution in [0.25, 0.3) is 16.2 Å². The van der Waals surface area contributed by atoms with Crippen molar-refractivity contribution in [1.82, 2.24) is 14.6 Å². The fraction of sp³-hybridized carbons (Fsp3) is 0.333. The quantitative estimate of drug-likeness (QED) is 0.684. The first-order valence-corrected chi connectivity index (χ1v) is 8.79. The zero-order valence-electron chi connectivity index (χ0n) is 11.5. The van der Waals surface area contributed by atoms with Gasteiger partial charge in [0.1, 0.15) is 10.3 Å². The number of hydrogen-bond donors (Lipinski definition) is 0. The van der Waals surface area contributed by atoms with Gasteiger partial charge in [0.05, 0.1) is 0 Å². The summed E-state index contributed by atoms with van der Waals surface area (Å²) in [5.74, 6) is 0. The van der Waals surface area contributed by atoms with Gasteiger partial charge >= 0.3 is 0 Å². The molecule has 0 bridgehead atoms. The fourth-order valence-electron chi connectivity index (χ4n) is 2.71. The number of piperidine rings is 1. The van der Waals surface area contributed by atoms with E-state index < -0.39 is 0 Å². The summed E-state index contributed by atoms with van der Waals surface area (Å²) in [6.07, 6.45) is 3.86. The predicted molar refractivity (Wildman–Crippen MR) is 90.1 cm³/mol. The molecular formula is C15H15BrN4S. The number of hydrogen-bond acceptors (Lipinski definition) is 4. The maximum absolute atomic E-state index is 4.74. The van der Waals surface area contributed by atoms with Crippen molar-refractivity contribution in [2.24, 2.45) is 0 Å². The molecule has 4 nitrogen and oxygen atoms in total. The number of fused-ring (bicyclic) bond motifs is 1. The van der Waals surface area contributed by atoms with Crippen LogP contribution >= 0.6 is 27.3 Å². The summed E-state index contributed by atoms with van der Waals surface area (Å²) in [6, 6.07) is 10.2. The minimum atomic E-state index is 0.934. The maximum Gasteiger partial charge on any atom is 0.215 e. The Labute approximate surface area is 135 Å². The summed E-state index contributed by atoms with van der Waals surface area (Å²) < 4.78 is 2.85. The topological polar surface area (TPSA) is 33.4 Å². The number of aromatic nitrogens is 3. The Hall–Kier alpha value is -1.40. The van der Waals surface area contributed by atoms with Gasteiger partial charge in [0.25, 0.3) is 0 Å². The summed E-state index contributed by atoms with van der Waals surface area (Å²) in [4.78, 5) is 8.06. The summed E-state index contributed by atoms with van der Waals surface area (Å²) in [7, 11) is 0. The Morgan fingerprint density at radius 1 is 1.05 bits per heavy atom. The van der Waals surface area contributed by atoms with Crippen LogP contribution in [0.1, 0.15) is 19.3 Å². The smallest absolute Gasteiger partial charge is 0.215 e. The third-order valence-electron chi connectivity index (χ3n) is 3.81. The molecule has 1 aliphatic heterocycles. The summed E-state index contributed by atoms with van der Waals surface area (Å²) in [5.41, 5.74) is 2.07. The molecule has 0 unspecified atom stereocenters. The van der Waals surface area contributed by atoms with E-state index in [1.165, 1.54) is 19.3 Å². The van der Waals surface area contributed by atoms with Gasteiger partial charge in [0.2, 0.25) is 10.1 Å². The van der Waals surface area contributed by atoms with E-state index in [1.54, 1.807) is 11.3 Å². The molecule has 108 valence electrons. The van der Waals surface area contributed by atoms with Crippen LogP contribution < -0.4 is 4.90 Å². The Balaban J connectivity index is 1.74. The van der Waals surface area contributed by atoms with Gasteiger partial charge in [-0.25, -0.2) is 4.98 Å². The molecule has 3 aromatic rings. The van der Waals surface area contributed by atoms with E-state index in [2.05, 4.69) is 33.0 Å². The van der Waals surface area contributed by atoms with E-state index in [1.807, 2.05) is 22.7 Å². The van der Waals surface area contributed by atoms with Gasteiger partial charge in [0.15, 0.2) is 0 Å². The van der Waals surface area contributed by atoms with E-state index in [0.717, 1.165) is 39.0 Å². The van der Waals surface area contributed by atoms with Crippen molar-refractivity contribution in [3.05, 3.63) is 34.9 Å². The third-order valence-corrected chi connectivity index (χ3v) is 5.49. The van der Waals surface area contributed by atoms with Crippen molar-refractivity contribution >= 4 is 37.4 Å². The summed E-state index contributed by atoms with van der Waals surface area (Å²) in [6.45, 7) is 2.22. The molecule has 0 radical (unpaired) electrons. The third kappa shape index (κ3) is 2.36. The molecule has 4 rings (SSSR count). The lowest BCUT2D eigenvalue weighted by atomic mass is 10.1. The zero-order chi connectivity index (χ0) is 14.2. The fourth-order valence-corrected chi connectivity index (χ4v) is 4.34. The first kappa shape index (κ1) is 13.3. The molecule has 6 heteroatoms. The SMILES string of the molecule is Brc1c(-c2ccccc2)nc2sc(N3CCCCC3)nn12. The van der Waals surface area contributed by atoms with E-state index in [9.17, 15) is 0 Å². The van der Waals surface area contributed by atoms with E-state index in [4.69, 9.17) is 10.1 Å². The van der Waals surface area contributed by atoms with Gasteiger partial charge in [-0.2, -0.15) is 4.52 Å². The van der Waals surface area contributed by atoms with Gasteiger partial charge in [-0.15, -0.1) is 5.10 Å². The molecule has 21 heavy (non-hydrogen) atoms. The van der Waals surface area contributed by atoms with Gasteiger partial charge in [-0.05, 0) is 35.2 Å². The standard InChI is InChI=1S/C15H15BrN4S/c16-13-12(11-7-3-1-4-8-11)17-14-20(13)18-15(21-14)19-9-5-2-6-10-19/h1,3-4,7-8H,2,5-6,9-10H2. The average Bonchev–Trinajstić information content (AvgIpc) is 3.09. The van der Waals surface area contributed by atoms with E-state index >= 15 is 0 Å². The van der Waals surface area contributed by atoms with E-state index in [0.29, 0.717) is 0 Å². The number of benzene rings is 1. The Morgan fingerprint density at radius 2 is 1.81 bits per heavy atom. The number of nitrogens with zero attached hydrogens (tertiary/aromatic N) is 4. The highest BCUT2D eigenvalue weighted by Crippen LogP contribution is 2.33. The highest BCUT2D eigenvalue weighted by Gasteiger charge is 2.19. The van der Waals surface area contributed by atoms with Crippen LogP contribution in [-0.4, -0.2) is 27.7 Å². The Bertz CT molecular complexity index is 759. The second-order valence-corrected chi connectivity index (χ2v) is 6.93. The van der Waals surface area contributed by atoms with Gasteiger partial charge in [-0.3, -0.25) is 0 Å². The molecule has 2 aromatic heterocycles. The molecule has 0 atom stereocenters. The average molecular weight is 363 g/mol. The van der Waals surface area contributed by atoms with Crippen LogP contribution in [0.4, 0.5) is 5.13 Å². The Kier molecular flexibility index (Phi) is 3.43. The monoisotopic (exact) mass is 362 g/mol. The molecule has 0 amide bonds. The molecule has 3 heterocycles. The first-order chi connectivity index (χ1) is 10.3. The second-order valence-electron chi connectivity index (χ2n) is 5.24. The molecule has 0 spiro atoms. The highest BCUT2D eigenvalue weighted by atomic mass is 79.9. The lowest BCUT2D eigenvalue weighted by Gasteiger charge is -2.25. The van der Waals surface area contributed by atoms with Crippen molar-refractivity contribution < 1.29 is 0 Å². The predicted octanol–water partition coefficient (Wildman–Crippen LogP) is 4.21. The van der Waals surface area contributed by atoms with Gasteiger partial charge in [-0.1, -0.05) is 41.7 Å². The lowest BCUT2D eigenvalue weighted by Crippen LogP contribution is -2.29. The van der Waals surface area contributed by atoms with Crippen molar-refractivity contribution in [1.29, 1.82) is 0 Å². The van der Waals surface area contributed by atoms with E-state index in [-0.39, 0.29) is 0 Å². The molecule has 0 saturated carbocycles. The molecule has 0 N–H and O–H groups in total. The van der Waals surface area contributed by atoms with Crippen molar-refractivity contribution in [3.63, 3.8) is 0 Å². The van der Waals surface area contributed by atoms with Crippen molar-refractivity contribution in [2.45, 2.75) is 19.3 Å². The second kappa shape index (κ2) is 5.42. The molecule has 0 aliphatic carbocycles.